The van der Waals surface area contributed by atoms with Crippen LogP contribution in [0.25, 0.3) is 0 Å². The number of likely N-dealkylation sites (tertiary alicyclic amines) is 1. The smallest absolute Gasteiger partial charge is 0.238 e. The highest BCUT2D eigenvalue weighted by Crippen LogP contribution is 2.22. The van der Waals surface area contributed by atoms with Crippen LogP contribution in [0.15, 0.2) is 18.2 Å². The second-order valence-electron chi connectivity index (χ2n) is 5.49. The lowest BCUT2D eigenvalue weighted by atomic mass is 10.1. The van der Waals surface area contributed by atoms with Crippen LogP contribution < -0.4 is 5.32 Å². The zero-order valence-electron chi connectivity index (χ0n) is 12.4. The van der Waals surface area contributed by atoms with E-state index in [1.807, 2.05) is 6.07 Å². The number of nitriles is 1. The van der Waals surface area contributed by atoms with E-state index in [1.165, 1.54) is 0 Å². The summed E-state index contributed by atoms with van der Waals surface area (Å²) >= 11 is 5.96. The number of nitrogens with one attached hydrogen (secondary N) is 1. The predicted octanol–water partition coefficient (Wildman–Crippen LogP) is 2.39. The largest absolute Gasteiger partial charge is 0.396 e. The second-order valence-corrected chi connectivity index (χ2v) is 5.89. The standard InChI is InChI=1S/C16H20ClN3O2/c17-15-9-13(6-5-12(15)10-18)19-16(22)11-20-7-1-3-14(20)4-2-8-21/h5-6,9,14,21H,1-4,7-8,11H2,(H,19,22). The normalized spacial score (nSPS) is 18.1. The summed E-state index contributed by atoms with van der Waals surface area (Å²) in [6, 6.07) is 7.22. The van der Waals surface area contributed by atoms with Crippen molar-refractivity contribution in [3.05, 3.63) is 28.8 Å². The molecular formula is C16H20ClN3O2. The van der Waals surface area contributed by atoms with Gasteiger partial charge >= 0.3 is 0 Å². The van der Waals surface area contributed by atoms with Crippen LogP contribution in [-0.4, -0.2) is 41.7 Å². The number of anilines is 1. The molecule has 0 bridgehead atoms. The molecule has 2 N–H and O–H groups in total. The molecule has 1 heterocycles. The fourth-order valence-electron chi connectivity index (χ4n) is 2.83. The van der Waals surface area contributed by atoms with E-state index in [4.69, 9.17) is 22.0 Å². The topological polar surface area (TPSA) is 76.4 Å². The Balaban J connectivity index is 1.90. The Labute approximate surface area is 135 Å². The maximum absolute atomic E-state index is 12.1. The van der Waals surface area contributed by atoms with Crippen LogP contribution >= 0.6 is 11.6 Å². The Hall–Kier alpha value is -1.61. The molecule has 1 amide bonds. The van der Waals surface area contributed by atoms with Gasteiger partial charge in [0.15, 0.2) is 0 Å². The fraction of sp³-hybridized carbons (Fsp3) is 0.500. The van der Waals surface area contributed by atoms with E-state index in [-0.39, 0.29) is 12.5 Å². The molecule has 1 saturated heterocycles. The van der Waals surface area contributed by atoms with E-state index in [0.29, 0.717) is 28.9 Å². The summed E-state index contributed by atoms with van der Waals surface area (Å²) < 4.78 is 0. The number of hydrogen-bond donors (Lipinski definition) is 2. The number of benzene rings is 1. The summed E-state index contributed by atoms with van der Waals surface area (Å²) in [6.07, 6.45) is 3.86. The average Bonchev–Trinajstić information content (AvgIpc) is 2.92. The summed E-state index contributed by atoms with van der Waals surface area (Å²) in [7, 11) is 0. The van der Waals surface area contributed by atoms with Gasteiger partial charge in [0.25, 0.3) is 0 Å². The molecule has 0 radical (unpaired) electrons. The Bertz CT molecular complexity index is 571. The summed E-state index contributed by atoms with van der Waals surface area (Å²) in [6.45, 7) is 1.45. The molecule has 22 heavy (non-hydrogen) atoms. The van der Waals surface area contributed by atoms with Crippen LogP contribution in [-0.2, 0) is 4.79 Å². The number of aliphatic hydroxyl groups excluding tert-OH is 1. The molecule has 118 valence electrons. The first kappa shape index (κ1) is 16.8. The zero-order chi connectivity index (χ0) is 15.9. The Kier molecular flexibility index (Phi) is 6.20. The molecule has 1 unspecified atom stereocenters. The van der Waals surface area contributed by atoms with Gasteiger partial charge in [-0.2, -0.15) is 5.26 Å². The highest BCUT2D eigenvalue weighted by Gasteiger charge is 2.25. The van der Waals surface area contributed by atoms with E-state index in [1.54, 1.807) is 18.2 Å². The first-order valence-electron chi connectivity index (χ1n) is 7.48. The molecule has 0 spiro atoms. The van der Waals surface area contributed by atoms with Crippen LogP contribution in [0.4, 0.5) is 5.69 Å². The van der Waals surface area contributed by atoms with Crippen molar-refractivity contribution in [1.29, 1.82) is 5.26 Å². The first-order valence-corrected chi connectivity index (χ1v) is 7.86. The maximum Gasteiger partial charge on any atom is 0.238 e. The van der Waals surface area contributed by atoms with Gasteiger partial charge in [-0.05, 0) is 50.4 Å². The molecule has 5 nitrogen and oxygen atoms in total. The molecule has 1 aliphatic rings. The van der Waals surface area contributed by atoms with Gasteiger partial charge in [-0.3, -0.25) is 9.69 Å². The number of carbonyl (C=O) groups excluding carboxylic acids is 1. The molecule has 1 atom stereocenters. The first-order chi connectivity index (χ1) is 10.6. The highest BCUT2D eigenvalue weighted by molar-refractivity contribution is 6.32. The van der Waals surface area contributed by atoms with Crippen LogP contribution in [0, 0.1) is 11.3 Å². The molecule has 1 aromatic carbocycles. The van der Waals surface area contributed by atoms with Gasteiger partial charge in [-0.25, -0.2) is 0 Å². The minimum atomic E-state index is -0.0864. The molecule has 2 rings (SSSR count). The van der Waals surface area contributed by atoms with E-state index in [2.05, 4.69) is 10.2 Å². The van der Waals surface area contributed by atoms with Gasteiger partial charge in [-0.15, -0.1) is 0 Å². The molecule has 0 aromatic heterocycles. The number of halogens is 1. The van der Waals surface area contributed by atoms with Gasteiger partial charge < -0.3 is 10.4 Å². The molecule has 0 saturated carbocycles. The van der Waals surface area contributed by atoms with Crippen molar-refractivity contribution in [3.8, 4) is 6.07 Å². The SMILES string of the molecule is N#Cc1ccc(NC(=O)CN2CCCC2CCCO)cc1Cl. The molecule has 1 aromatic rings. The minimum Gasteiger partial charge on any atom is -0.396 e. The molecule has 1 fully saturated rings. The van der Waals surface area contributed by atoms with Crippen molar-refractivity contribution >= 4 is 23.2 Å². The zero-order valence-corrected chi connectivity index (χ0v) is 13.1. The summed E-state index contributed by atoms with van der Waals surface area (Å²) in [5.74, 6) is -0.0864. The number of aliphatic hydroxyl groups is 1. The summed E-state index contributed by atoms with van der Waals surface area (Å²) in [4.78, 5) is 14.3. The van der Waals surface area contributed by atoms with Crippen molar-refractivity contribution in [2.24, 2.45) is 0 Å². The van der Waals surface area contributed by atoms with Crippen molar-refractivity contribution in [3.63, 3.8) is 0 Å². The lowest BCUT2D eigenvalue weighted by Gasteiger charge is -2.23. The van der Waals surface area contributed by atoms with Gasteiger partial charge in [0.2, 0.25) is 5.91 Å². The van der Waals surface area contributed by atoms with Crippen LogP contribution in [0.1, 0.15) is 31.2 Å². The monoisotopic (exact) mass is 321 g/mol. The lowest BCUT2D eigenvalue weighted by Crippen LogP contribution is -2.36. The van der Waals surface area contributed by atoms with Crippen molar-refractivity contribution in [2.75, 3.05) is 25.0 Å². The van der Waals surface area contributed by atoms with E-state index < -0.39 is 0 Å². The summed E-state index contributed by atoms with van der Waals surface area (Å²) in [5.41, 5.74) is 0.989. The van der Waals surface area contributed by atoms with Crippen molar-refractivity contribution in [1.82, 2.24) is 4.90 Å². The fourth-order valence-corrected chi connectivity index (χ4v) is 3.05. The van der Waals surface area contributed by atoms with Gasteiger partial charge in [0.05, 0.1) is 17.1 Å². The lowest BCUT2D eigenvalue weighted by molar-refractivity contribution is -0.117. The van der Waals surface area contributed by atoms with Crippen molar-refractivity contribution < 1.29 is 9.90 Å². The third-order valence-electron chi connectivity index (χ3n) is 3.91. The number of rotatable bonds is 6. The highest BCUT2D eigenvalue weighted by atomic mass is 35.5. The van der Waals surface area contributed by atoms with E-state index >= 15 is 0 Å². The Morgan fingerprint density at radius 1 is 1.55 bits per heavy atom. The van der Waals surface area contributed by atoms with Gasteiger partial charge in [0, 0.05) is 18.3 Å². The molecule has 6 heteroatoms. The third-order valence-corrected chi connectivity index (χ3v) is 4.23. The third kappa shape index (κ3) is 4.44. The Morgan fingerprint density at radius 3 is 3.05 bits per heavy atom. The van der Waals surface area contributed by atoms with Crippen molar-refractivity contribution in [2.45, 2.75) is 31.7 Å². The number of hydrogen-bond acceptors (Lipinski definition) is 4. The minimum absolute atomic E-state index is 0.0864. The second kappa shape index (κ2) is 8.14. The average molecular weight is 322 g/mol. The van der Waals surface area contributed by atoms with Gasteiger partial charge in [-0.1, -0.05) is 11.6 Å². The quantitative estimate of drug-likeness (QED) is 0.843. The molecule has 0 aliphatic carbocycles. The number of carbonyl (C=O) groups is 1. The van der Waals surface area contributed by atoms with Gasteiger partial charge in [0.1, 0.15) is 6.07 Å². The van der Waals surface area contributed by atoms with Crippen LogP contribution in [0.3, 0.4) is 0 Å². The maximum atomic E-state index is 12.1. The predicted molar refractivity (Wildman–Crippen MR) is 85.7 cm³/mol. The summed E-state index contributed by atoms with van der Waals surface area (Å²) in [5, 5.41) is 20.9. The van der Waals surface area contributed by atoms with E-state index in [9.17, 15) is 4.79 Å². The van der Waals surface area contributed by atoms with Crippen LogP contribution in [0.2, 0.25) is 5.02 Å². The van der Waals surface area contributed by atoms with Crippen LogP contribution in [0.5, 0.6) is 0 Å². The molecular weight excluding hydrogens is 302 g/mol. The number of amides is 1. The molecule has 1 aliphatic heterocycles. The Morgan fingerprint density at radius 2 is 2.36 bits per heavy atom. The van der Waals surface area contributed by atoms with E-state index in [0.717, 1.165) is 32.2 Å². The number of nitrogens with zero attached hydrogens (tertiary/aromatic N) is 2.